The predicted octanol–water partition coefficient (Wildman–Crippen LogP) is 0.855. The van der Waals surface area contributed by atoms with Gasteiger partial charge in [0.25, 0.3) is 0 Å². The molecule has 0 bridgehead atoms. The van der Waals surface area contributed by atoms with Gasteiger partial charge >= 0.3 is 0 Å². The molecule has 3 atom stereocenters. The highest BCUT2D eigenvalue weighted by Gasteiger charge is 2.28. The van der Waals surface area contributed by atoms with E-state index in [2.05, 4.69) is 0 Å². The fourth-order valence-corrected chi connectivity index (χ4v) is 2.27. The van der Waals surface area contributed by atoms with Crippen molar-refractivity contribution < 1.29 is 9.53 Å². The Kier molecular flexibility index (Phi) is 5.22. The first-order chi connectivity index (χ1) is 7.56. The first kappa shape index (κ1) is 13.5. The van der Waals surface area contributed by atoms with Gasteiger partial charge in [-0.2, -0.15) is 0 Å². The van der Waals surface area contributed by atoms with Crippen LogP contribution in [0.5, 0.6) is 0 Å². The Morgan fingerprint density at radius 3 is 2.81 bits per heavy atom. The molecule has 0 radical (unpaired) electrons. The summed E-state index contributed by atoms with van der Waals surface area (Å²) >= 11 is 0. The summed E-state index contributed by atoms with van der Waals surface area (Å²) in [6.45, 7) is 6.12. The van der Waals surface area contributed by atoms with Gasteiger partial charge in [-0.25, -0.2) is 0 Å². The molecule has 94 valence electrons. The van der Waals surface area contributed by atoms with Crippen LogP contribution in [0.4, 0.5) is 0 Å². The average Bonchev–Trinajstić information content (AvgIpc) is 2.28. The lowest BCUT2D eigenvalue weighted by Crippen LogP contribution is -2.47. The molecule has 0 aromatic rings. The van der Waals surface area contributed by atoms with Gasteiger partial charge in [-0.15, -0.1) is 0 Å². The maximum absolute atomic E-state index is 12.1. The first-order valence-corrected chi connectivity index (χ1v) is 6.09. The number of methoxy groups -OCH3 is 1. The predicted molar refractivity (Wildman–Crippen MR) is 64.0 cm³/mol. The molecule has 1 heterocycles. The molecular formula is C12H24N2O2. The topological polar surface area (TPSA) is 55.6 Å². The van der Waals surface area contributed by atoms with Gasteiger partial charge in [-0.1, -0.05) is 6.92 Å². The van der Waals surface area contributed by atoms with Crippen molar-refractivity contribution in [2.24, 2.45) is 17.6 Å². The van der Waals surface area contributed by atoms with E-state index < -0.39 is 0 Å². The fourth-order valence-electron chi connectivity index (χ4n) is 2.27. The van der Waals surface area contributed by atoms with Gasteiger partial charge in [0.1, 0.15) is 0 Å². The van der Waals surface area contributed by atoms with Crippen LogP contribution in [0.15, 0.2) is 0 Å². The smallest absolute Gasteiger partial charge is 0.227 e. The standard InChI is InChI=1S/C12H24N2O2/c1-9(8-16-3)12(15)14-6-4-5-11(7-14)10(2)13/h9-11H,4-8,13H2,1-3H3/t9-,10+,11+/m0/s1. The van der Waals surface area contributed by atoms with E-state index in [1.54, 1.807) is 7.11 Å². The highest BCUT2D eigenvalue weighted by atomic mass is 16.5. The van der Waals surface area contributed by atoms with Crippen molar-refractivity contribution in [1.82, 2.24) is 4.90 Å². The number of likely N-dealkylation sites (tertiary alicyclic amines) is 1. The third-order valence-corrected chi connectivity index (χ3v) is 3.35. The summed E-state index contributed by atoms with van der Waals surface area (Å²) in [5, 5.41) is 0. The summed E-state index contributed by atoms with van der Waals surface area (Å²) in [7, 11) is 1.63. The summed E-state index contributed by atoms with van der Waals surface area (Å²) in [5.74, 6) is 0.608. The number of piperidine rings is 1. The summed E-state index contributed by atoms with van der Waals surface area (Å²) in [6, 6.07) is 0.174. The number of hydrogen-bond donors (Lipinski definition) is 1. The number of nitrogens with zero attached hydrogens (tertiary/aromatic N) is 1. The second kappa shape index (κ2) is 6.21. The van der Waals surface area contributed by atoms with Crippen LogP contribution < -0.4 is 5.73 Å². The second-order valence-corrected chi connectivity index (χ2v) is 4.90. The van der Waals surface area contributed by atoms with Crippen LogP contribution in [0.1, 0.15) is 26.7 Å². The van der Waals surface area contributed by atoms with E-state index in [1.807, 2.05) is 18.7 Å². The molecule has 1 amide bonds. The molecule has 1 rings (SSSR count). The molecule has 4 nitrogen and oxygen atoms in total. The Balaban J connectivity index is 2.49. The van der Waals surface area contributed by atoms with Crippen molar-refractivity contribution in [2.75, 3.05) is 26.8 Å². The van der Waals surface area contributed by atoms with Gasteiger partial charge < -0.3 is 15.4 Å². The zero-order valence-corrected chi connectivity index (χ0v) is 10.6. The third kappa shape index (κ3) is 3.46. The number of amides is 1. The van der Waals surface area contributed by atoms with E-state index in [0.29, 0.717) is 12.5 Å². The lowest BCUT2D eigenvalue weighted by Gasteiger charge is -2.35. The summed E-state index contributed by atoms with van der Waals surface area (Å²) in [4.78, 5) is 14.0. The van der Waals surface area contributed by atoms with Gasteiger partial charge in [-0.05, 0) is 25.7 Å². The van der Waals surface area contributed by atoms with Gasteiger partial charge in [0, 0.05) is 26.2 Å². The largest absolute Gasteiger partial charge is 0.384 e. The number of ether oxygens (including phenoxy) is 1. The van der Waals surface area contributed by atoms with Crippen LogP contribution in [0.3, 0.4) is 0 Å². The molecule has 0 unspecified atom stereocenters. The van der Waals surface area contributed by atoms with Gasteiger partial charge in [0.15, 0.2) is 0 Å². The molecule has 1 fully saturated rings. The van der Waals surface area contributed by atoms with Crippen LogP contribution in [-0.2, 0) is 9.53 Å². The molecule has 0 spiro atoms. The summed E-state index contributed by atoms with van der Waals surface area (Å²) in [5.41, 5.74) is 5.90. The quantitative estimate of drug-likeness (QED) is 0.776. The minimum atomic E-state index is -0.0446. The van der Waals surface area contributed by atoms with Crippen molar-refractivity contribution in [3.8, 4) is 0 Å². The van der Waals surface area contributed by atoms with Crippen molar-refractivity contribution in [2.45, 2.75) is 32.7 Å². The fraction of sp³-hybridized carbons (Fsp3) is 0.917. The van der Waals surface area contributed by atoms with Crippen LogP contribution in [0.2, 0.25) is 0 Å². The molecule has 2 N–H and O–H groups in total. The Bertz CT molecular complexity index is 231. The molecule has 0 aromatic heterocycles. The van der Waals surface area contributed by atoms with Gasteiger partial charge in [0.2, 0.25) is 5.91 Å². The highest BCUT2D eigenvalue weighted by molar-refractivity contribution is 5.78. The average molecular weight is 228 g/mol. The molecule has 16 heavy (non-hydrogen) atoms. The zero-order valence-electron chi connectivity index (χ0n) is 10.6. The van der Waals surface area contributed by atoms with Crippen LogP contribution in [0, 0.1) is 11.8 Å². The Hall–Kier alpha value is -0.610. The molecule has 4 heteroatoms. The van der Waals surface area contributed by atoms with Crippen LogP contribution in [-0.4, -0.2) is 43.7 Å². The summed E-state index contributed by atoms with van der Waals surface area (Å²) in [6.07, 6.45) is 2.21. The lowest BCUT2D eigenvalue weighted by molar-refractivity contribution is -0.138. The SMILES string of the molecule is COC[C@H](C)C(=O)N1CCC[C@@H]([C@@H](C)N)C1. The van der Waals surface area contributed by atoms with Crippen molar-refractivity contribution in [3.63, 3.8) is 0 Å². The third-order valence-electron chi connectivity index (χ3n) is 3.35. The minimum Gasteiger partial charge on any atom is -0.384 e. The maximum Gasteiger partial charge on any atom is 0.227 e. The van der Waals surface area contributed by atoms with Gasteiger partial charge in [-0.3, -0.25) is 4.79 Å². The monoisotopic (exact) mass is 228 g/mol. The second-order valence-electron chi connectivity index (χ2n) is 4.90. The van der Waals surface area contributed by atoms with E-state index in [1.165, 1.54) is 0 Å². The lowest BCUT2D eigenvalue weighted by atomic mass is 9.91. The molecular weight excluding hydrogens is 204 g/mol. The zero-order chi connectivity index (χ0) is 12.1. The first-order valence-electron chi connectivity index (χ1n) is 6.09. The molecule has 1 aliphatic heterocycles. The molecule has 1 aliphatic rings. The number of hydrogen-bond acceptors (Lipinski definition) is 3. The van der Waals surface area contributed by atoms with Crippen molar-refractivity contribution in [1.29, 1.82) is 0 Å². The Labute approximate surface area is 98.1 Å². The summed E-state index contributed by atoms with van der Waals surface area (Å²) < 4.78 is 5.02. The Morgan fingerprint density at radius 1 is 1.56 bits per heavy atom. The minimum absolute atomic E-state index is 0.0446. The molecule has 1 saturated heterocycles. The van der Waals surface area contributed by atoms with Crippen molar-refractivity contribution >= 4 is 5.91 Å². The van der Waals surface area contributed by atoms with E-state index in [9.17, 15) is 4.79 Å². The van der Waals surface area contributed by atoms with E-state index >= 15 is 0 Å². The number of rotatable bonds is 4. The maximum atomic E-state index is 12.1. The van der Waals surface area contributed by atoms with Gasteiger partial charge in [0.05, 0.1) is 12.5 Å². The normalized spacial score (nSPS) is 25.2. The number of carbonyl (C=O) groups is 1. The molecule has 0 aromatic carbocycles. The van der Waals surface area contributed by atoms with E-state index in [4.69, 9.17) is 10.5 Å². The van der Waals surface area contributed by atoms with Crippen molar-refractivity contribution in [3.05, 3.63) is 0 Å². The Morgan fingerprint density at radius 2 is 2.25 bits per heavy atom. The molecule has 0 aliphatic carbocycles. The van der Waals surface area contributed by atoms with Crippen LogP contribution in [0.25, 0.3) is 0 Å². The number of carbonyl (C=O) groups excluding carboxylic acids is 1. The van der Waals surface area contributed by atoms with Crippen LogP contribution >= 0.6 is 0 Å². The highest BCUT2D eigenvalue weighted by Crippen LogP contribution is 2.20. The van der Waals surface area contributed by atoms with E-state index in [-0.39, 0.29) is 17.9 Å². The van der Waals surface area contributed by atoms with E-state index in [0.717, 1.165) is 25.9 Å². The molecule has 0 saturated carbocycles. The number of nitrogens with two attached hydrogens (primary N) is 1.